The Kier molecular flexibility index (Phi) is 9.16. The number of benzene rings is 2. The van der Waals surface area contributed by atoms with Gasteiger partial charge in [-0.25, -0.2) is 9.59 Å². The van der Waals surface area contributed by atoms with Crippen molar-refractivity contribution >= 4 is 63.8 Å². The number of thioether (sulfide) groups is 1. The molecule has 1 fully saturated rings. The van der Waals surface area contributed by atoms with Crippen molar-refractivity contribution in [1.29, 1.82) is 0 Å². The number of hydrogen-bond acceptors (Lipinski definition) is 7. The minimum Gasteiger partial charge on any atom is -0.478 e. The molecule has 35 heavy (non-hydrogen) atoms. The smallest absolute Gasteiger partial charge is 0.337 e. The third-order valence-electron chi connectivity index (χ3n) is 5.20. The summed E-state index contributed by atoms with van der Waals surface area (Å²) in [4.78, 5) is 49.4. The lowest BCUT2D eigenvalue weighted by molar-refractivity contribution is -0.122. The Balaban J connectivity index is 1.42. The lowest BCUT2D eigenvalue weighted by Crippen LogP contribution is -2.29. The fourth-order valence-electron chi connectivity index (χ4n) is 3.33. The van der Waals surface area contributed by atoms with Gasteiger partial charge in [0.1, 0.15) is 4.32 Å². The predicted octanol–water partition coefficient (Wildman–Crippen LogP) is 4.57. The van der Waals surface area contributed by atoms with Crippen LogP contribution in [0, 0.1) is 0 Å². The van der Waals surface area contributed by atoms with Crippen LogP contribution in [0.2, 0.25) is 0 Å². The first-order valence-electron chi connectivity index (χ1n) is 10.9. The molecule has 182 valence electrons. The van der Waals surface area contributed by atoms with E-state index < -0.39 is 11.9 Å². The fourth-order valence-corrected chi connectivity index (χ4v) is 4.64. The van der Waals surface area contributed by atoms with Crippen molar-refractivity contribution in [2.24, 2.45) is 0 Å². The second kappa shape index (κ2) is 12.3. The van der Waals surface area contributed by atoms with Gasteiger partial charge in [-0.1, -0.05) is 42.5 Å². The topological polar surface area (TPSA) is 113 Å². The van der Waals surface area contributed by atoms with Gasteiger partial charge in [0.05, 0.1) is 23.1 Å². The molecule has 0 radical (unpaired) electrons. The van der Waals surface area contributed by atoms with Gasteiger partial charge in [0, 0.05) is 18.7 Å². The number of aromatic carboxylic acids is 1. The number of unbranched alkanes of at least 4 members (excludes halogenated alkanes) is 2. The molecule has 1 aliphatic heterocycles. The van der Waals surface area contributed by atoms with Gasteiger partial charge in [-0.3, -0.25) is 14.5 Å². The number of hydrogen-bond donors (Lipinski definition) is 2. The standard InChI is InChI=1S/C25H24N2O6S2/c1-33-24(32)18-8-6-16(7-9-18)15-20-22(29)27(25(34)35-20)14-4-2-3-5-21(28)26-19-12-10-17(11-13-19)23(30)31/h6-13,15H,2-5,14H2,1H3,(H,26,28)(H,30,31). The van der Waals surface area contributed by atoms with E-state index >= 15 is 0 Å². The van der Waals surface area contributed by atoms with E-state index in [-0.39, 0.29) is 17.4 Å². The number of carboxylic acid groups (broad SMARTS) is 1. The molecule has 2 aromatic rings. The summed E-state index contributed by atoms with van der Waals surface area (Å²) >= 11 is 6.61. The average molecular weight is 513 g/mol. The highest BCUT2D eigenvalue weighted by Gasteiger charge is 2.31. The SMILES string of the molecule is COC(=O)c1ccc(C=C2SC(=S)N(CCCCCC(=O)Nc3ccc(C(=O)O)cc3)C2=O)cc1. The number of carbonyl (C=O) groups is 4. The summed E-state index contributed by atoms with van der Waals surface area (Å²) in [6.45, 7) is 0.474. The number of ether oxygens (including phenoxy) is 1. The van der Waals surface area contributed by atoms with Crippen LogP contribution in [0.25, 0.3) is 6.08 Å². The zero-order valence-corrected chi connectivity index (χ0v) is 20.6. The highest BCUT2D eigenvalue weighted by atomic mass is 32.2. The monoisotopic (exact) mass is 512 g/mol. The summed E-state index contributed by atoms with van der Waals surface area (Å²) in [6.07, 6.45) is 4.16. The van der Waals surface area contributed by atoms with Gasteiger partial charge in [-0.15, -0.1) is 0 Å². The first-order valence-corrected chi connectivity index (χ1v) is 12.1. The Morgan fingerprint density at radius 1 is 1.03 bits per heavy atom. The number of rotatable bonds is 10. The lowest BCUT2D eigenvalue weighted by Gasteiger charge is -2.14. The van der Waals surface area contributed by atoms with Gasteiger partial charge in [0.25, 0.3) is 5.91 Å². The van der Waals surface area contributed by atoms with E-state index in [0.717, 1.165) is 12.0 Å². The van der Waals surface area contributed by atoms with E-state index in [1.54, 1.807) is 47.4 Å². The third kappa shape index (κ3) is 7.24. The maximum absolute atomic E-state index is 12.8. The van der Waals surface area contributed by atoms with E-state index in [2.05, 4.69) is 10.1 Å². The van der Waals surface area contributed by atoms with Crippen molar-refractivity contribution in [2.75, 3.05) is 19.0 Å². The average Bonchev–Trinajstić information content (AvgIpc) is 3.11. The molecule has 1 saturated heterocycles. The van der Waals surface area contributed by atoms with Crippen LogP contribution >= 0.6 is 24.0 Å². The second-order valence-electron chi connectivity index (χ2n) is 7.69. The number of anilines is 1. The molecule has 3 rings (SSSR count). The van der Waals surface area contributed by atoms with Crippen LogP contribution in [0.15, 0.2) is 53.4 Å². The molecule has 2 amide bonds. The van der Waals surface area contributed by atoms with E-state index in [0.29, 0.717) is 46.3 Å². The lowest BCUT2D eigenvalue weighted by atomic mass is 10.1. The Morgan fingerprint density at radius 2 is 1.69 bits per heavy atom. The van der Waals surface area contributed by atoms with Crippen LogP contribution in [0.4, 0.5) is 5.69 Å². The number of esters is 1. The van der Waals surface area contributed by atoms with E-state index in [1.807, 2.05) is 0 Å². The van der Waals surface area contributed by atoms with Crippen LogP contribution in [0.1, 0.15) is 52.0 Å². The first kappa shape index (κ1) is 26.1. The Morgan fingerprint density at radius 3 is 2.31 bits per heavy atom. The number of methoxy groups -OCH3 is 1. The number of carboxylic acids is 1. The zero-order chi connectivity index (χ0) is 25.4. The van der Waals surface area contributed by atoms with Crippen molar-refractivity contribution in [3.8, 4) is 0 Å². The molecular weight excluding hydrogens is 488 g/mol. The normalized spacial score (nSPS) is 14.3. The van der Waals surface area contributed by atoms with Crippen LogP contribution in [0.5, 0.6) is 0 Å². The molecule has 10 heteroatoms. The minimum atomic E-state index is -1.02. The molecule has 1 aliphatic rings. The molecular formula is C25H24N2O6S2. The summed E-state index contributed by atoms with van der Waals surface area (Å²) in [5.41, 5.74) is 1.91. The summed E-state index contributed by atoms with van der Waals surface area (Å²) in [5, 5.41) is 11.7. The van der Waals surface area contributed by atoms with E-state index in [9.17, 15) is 19.2 Å². The molecule has 0 saturated carbocycles. The van der Waals surface area contributed by atoms with Gasteiger partial charge in [0.2, 0.25) is 5.91 Å². The number of nitrogens with zero attached hydrogens (tertiary/aromatic N) is 1. The van der Waals surface area contributed by atoms with Crippen LogP contribution in [-0.4, -0.2) is 51.7 Å². The summed E-state index contributed by atoms with van der Waals surface area (Å²) in [5.74, 6) is -1.75. The van der Waals surface area contributed by atoms with Gasteiger partial charge >= 0.3 is 11.9 Å². The third-order valence-corrected chi connectivity index (χ3v) is 6.58. The van der Waals surface area contributed by atoms with Crippen molar-refractivity contribution in [2.45, 2.75) is 25.7 Å². The largest absolute Gasteiger partial charge is 0.478 e. The summed E-state index contributed by atoms with van der Waals surface area (Å²) in [7, 11) is 1.32. The van der Waals surface area contributed by atoms with E-state index in [1.165, 1.54) is 31.0 Å². The molecule has 0 bridgehead atoms. The summed E-state index contributed by atoms with van der Waals surface area (Å²) in [6, 6.07) is 12.7. The van der Waals surface area contributed by atoms with Crippen LogP contribution in [-0.2, 0) is 14.3 Å². The number of amides is 2. The zero-order valence-electron chi connectivity index (χ0n) is 19.0. The molecule has 0 spiro atoms. The number of nitrogens with one attached hydrogen (secondary N) is 1. The second-order valence-corrected chi connectivity index (χ2v) is 9.36. The molecule has 1 heterocycles. The minimum absolute atomic E-state index is 0.153. The molecule has 2 aromatic carbocycles. The summed E-state index contributed by atoms with van der Waals surface area (Å²) < 4.78 is 5.18. The molecule has 0 atom stereocenters. The number of carbonyl (C=O) groups excluding carboxylic acids is 3. The van der Waals surface area contributed by atoms with Gasteiger partial charge < -0.3 is 15.2 Å². The molecule has 2 N–H and O–H groups in total. The highest BCUT2D eigenvalue weighted by Crippen LogP contribution is 2.32. The fraction of sp³-hybridized carbons (Fsp3) is 0.240. The van der Waals surface area contributed by atoms with Crippen LogP contribution < -0.4 is 5.32 Å². The number of thiocarbonyl (C=S) groups is 1. The Hall–Kier alpha value is -3.50. The predicted molar refractivity (Wildman–Crippen MR) is 138 cm³/mol. The Labute approximate surface area is 212 Å². The van der Waals surface area contributed by atoms with Gasteiger partial charge in [-0.2, -0.15) is 0 Å². The van der Waals surface area contributed by atoms with E-state index in [4.69, 9.17) is 17.3 Å². The van der Waals surface area contributed by atoms with Crippen LogP contribution in [0.3, 0.4) is 0 Å². The molecule has 0 unspecified atom stereocenters. The quantitative estimate of drug-likeness (QED) is 0.206. The molecule has 0 aliphatic carbocycles. The van der Waals surface area contributed by atoms with Crippen molar-refractivity contribution in [1.82, 2.24) is 4.90 Å². The van der Waals surface area contributed by atoms with Crippen molar-refractivity contribution < 1.29 is 29.0 Å². The molecule has 0 aromatic heterocycles. The maximum atomic E-state index is 12.8. The van der Waals surface area contributed by atoms with Crippen molar-refractivity contribution in [3.63, 3.8) is 0 Å². The Bertz CT molecular complexity index is 1160. The van der Waals surface area contributed by atoms with Gasteiger partial charge in [-0.05, 0) is 60.9 Å². The molecule has 8 nitrogen and oxygen atoms in total. The highest BCUT2D eigenvalue weighted by molar-refractivity contribution is 8.26. The van der Waals surface area contributed by atoms with Crippen molar-refractivity contribution in [3.05, 3.63) is 70.1 Å². The van der Waals surface area contributed by atoms with Gasteiger partial charge in [0.15, 0.2) is 0 Å². The maximum Gasteiger partial charge on any atom is 0.337 e. The first-order chi connectivity index (χ1) is 16.8.